The van der Waals surface area contributed by atoms with Crippen molar-refractivity contribution in [3.8, 4) is 0 Å². The van der Waals surface area contributed by atoms with Crippen LogP contribution in [-0.4, -0.2) is 19.1 Å². The molecule has 0 saturated carbocycles. The van der Waals surface area contributed by atoms with Gasteiger partial charge in [-0.3, -0.25) is 0 Å². The summed E-state index contributed by atoms with van der Waals surface area (Å²) >= 11 is 0. The second-order valence-electron chi connectivity index (χ2n) is 5.26. The molecule has 1 unspecified atom stereocenters. The highest BCUT2D eigenvalue weighted by atomic mass is 15.2. The van der Waals surface area contributed by atoms with Crippen molar-refractivity contribution in [1.29, 1.82) is 0 Å². The molecule has 0 aliphatic rings. The number of hydrogen-bond donors (Lipinski definition) is 1. The maximum absolute atomic E-state index is 6.09. The molecule has 0 fully saturated rings. The monoisotopic (exact) mass is 262 g/mol. The van der Waals surface area contributed by atoms with E-state index in [9.17, 15) is 0 Å². The van der Waals surface area contributed by atoms with Crippen LogP contribution >= 0.6 is 0 Å². The molecule has 0 aliphatic carbocycles. The molecular formula is C17H30N2. The first-order valence-corrected chi connectivity index (χ1v) is 7.80. The van der Waals surface area contributed by atoms with Crippen LogP contribution in [0.3, 0.4) is 0 Å². The Kier molecular flexibility index (Phi) is 7.57. The van der Waals surface area contributed by atoms with Crippen LogP contribution in [0.2, 0.25) is 0 Å². The normalized spacial score (nSPS) is 12.7. The van der Waals surface area contributed by atoms with Crippen LogP contribution in [0.25, 0.3) is 0 Å². The van der Waals surface area contributed by atoms with Crippen molar-refractivity contribution >= 4 is 5.69 Å². The number of nitrogens with zero attached hydrogens (tertiary/aromatic N) is 1. The topological polar surface area (TPSA) is 29.3 Å². The van der Waals surface area contributed by atoms with E-state index in [0.717, 1.165) is 13.1 Å². The van der Waals surface area contributed by atoms with E-state index in [1.807, 2.05) is 0 Å². The Balaban J connectivity index is 2.93. The maximum Gasteiger partial charge on any atom is 0.0440 e. The molecule has 0 amide bonds. The van der Waals surface area contributed by atoms with Gasteiger partial charge in [0.05, 0.1) is 0 Å². The van der Waals surface area contributed by atoms with Gasteiger partial charge in [0.25, 0.3) is 0 Å². The average molecular weight is 262 g/mol. The Morgan fingerprint density at radius 2 is 1.68 bits per heavy atom. The first-order valence-electron chi connectivity index (χ1n) is 7.80. The van der Waals surface area contributed by atoms with Crippen LogP contribution in [0.4, 0.5) is 5.69 Å². The van der Waals surface area contributed by atoms with Crippen molar-refractivity contribution in [2.75, 3.05) is 18.0 Å². The molecule has 19 heavy (non-hydrogen) atoms. The number of unbranched alkanes of at least 4 members (excludes halogenated alkanes) is 1. The van der Waals surface area contributed by atoms with E-state index in [2.05, 4.69) is 56.0 Å². The second-order valence-corrected chi connectivity index (χ2v) is 5.26. The fourth-order valence-corrected chi connectivity index (χ4v) is 2.84. The molecule has 0 heterocycles. The summed E-state index contributed by atoms with van der Waals surface area (Å²) in [5.74, 6) is 0.682. The standard InChI is InChI=1S/C17H30N2/c1-4-7-13-19(16-11-9-8-10-12-16)17(14-18)15(5-2)6-3/h8-12,15,17H,4-7,13-14,18H2,1-3H3. The summed E-state index contributed by atoms with van der Waals surface area (Å²) in [4.78, 5) is 2.53. The molecule has 1 aromatic carbocycles. The summed E-state index contributed by atoms with van der Waals surface area (Å²) in [7, 11) is 0. The summed E-state index contributed by atoms with van der Waals surface area (Å²) in [5, 5.41) is 0. The van der Waals surface area contributed by atoms with Gasteiger partial charge in [0.1, 0.15) is 0 Å². The third-order valence-electron chi connectivity index (χ3n) is 4.08. The highest BCUT2D eigenvalue weighted by Gasteiger charge is 2.23. The molecule has 2 N–H and O–H groups in total. The first-order chi connectivity index (χ1) is 9.28. The van der Waals surface area contributed by atoms with Gasteiger partial charge in [-0.15, -0.1) is 0 Å². The predicted molar refractivity (Wildman–Crippen MR) is 85.6 cm³/mol. The highest BCUT2D eigenvalue weighted by molar-refractivity contribution is 5.47. The quantitative estimate of drug-likeness (QED) is 0.727. The molecular weight excluding hydrogens is 232 g/mol. The van der Waals surface area contributed by atoms with Gasteiger partial charge in [-0.1, -0.05) is 58.2 Å². The van der Waals surface area contributed by atoms with E-state index in [1.165, 1.54) is 31.4 Å². The van der Waals surface area contributed by atoms with Crippen molar-refractivity contribution < 1.29 is 0 Å². The molecule has 0 spiro atoms. The Hall–Kier alpha value is -1.02. The summed E-state index contributed by atoms with van der Waals surface area (Å²) in [6.45, 7) is 8.65. The Morgan fingerprint density at radius 1 is 1.05 bits per heavy atom. The minimum Gasteiger partial charge on any atom is -0.367 e. The Labute approximate surface area is 119 Å². The molecule has 1 rings (SSSR count). The zero-order chi connectivity index (χ0) is 14.1. The van der Waals surface area contributed by atoms with E-state index in [0.29, 0.717) is 12.0 Å². The largest absolute Gasteiger partial charge is 0.367 e. The highest BCUT2D eigenvalue weighted by Crippen LogP contribution is 2.24. The van der Waals surface area contributed by atoms with Gasteiger partial charge in [0.15, 0.2) is 0 Å². The van der Waals surface area contributed by atoms with Crippen molar-refractivity contribution in [2.45, 2.75) is 52.5 Å². The third-order valence-corrected chi connectivity index (χ3v) is 4.08. The maximum atomic E-state index is 6.09. The van der Waals surface area contributed by atoms with Gasteiger partial charge in [0, 0.05) is 24.8 Å². The molecule has 1 aromatic rings. The lowest BCUT2D eigenvalue weighted by atomic mass is 9.92. The van der Waals surface area contributed by atoms with E-state index in [4.69, 9.17) is 5.73 Å². The molecule has 108 valence electrons. The minimum atomic E-state index is 0.462. The summed E-state index contributed by atoms with van der Waals surface area (Å²) in [5.41, 5.74) is 7.41. The molecule has 0 bridgehead atoms. The van der Waals surface area contributed by atoms with Crippen LogP contribution in [0.5, 0.6) is 0 Å². The van der Waals surface area contributed by atoms with Crippen molar-refractivity contribution in [1.82, 2.24) is 0 Å². The average Bonchev–Trinajstić information content (AvgIpc) is 2.47. The van der Waals surface area contributed by atoms with Crippen LogP contribution in [0.1, 0.15) is 46.5 Å². The van der Waals surface area contributed by atoms with Crippen molar-refractivity contribution in [2.24, 2.45) is 11.7 Å². The molecule has 0 aliphatic heterocycles. The van der Waals surface area contributed by atoms with Gasteiger partial charge < -0.3 is 10.6 Å². The predicted octanol–water partition coefficient (Wildman–Crippen LogP) is 4.06. The lowest BCUT2D eigenvalue weighted by Crippen LogP contribution is -2.46. The van der Waals surface area contributed by atoms with Crippen molar-refractivity contribution in [3.05, 3.63) is 30.3 Å². The third kappa shape index (κ3) is 4.54. The number of hydrogen-bond acceptors (Lipinski definition) is 2. The fourth-order valence-electron chi connectivity index (χ4n) is 2.84. The Morgan fingerprint density at radius 3 is 2.16 bits per heavy atom. The summed E-state index contributed by atoms with van der Waals surface area (Å²) in [6.07, 6.45) is 4.86. The molecule has 2 heteroatoms. The van der Waals surface area contributed by atoms with Gasteiger partial charge in [-0.25, -0.2) is 0 Å². The minimum absolute atomic E-state index is 0.462. The number of rotatable bonds is 9. The van der Waals surface area contributed by atoms with Gasteiger partial charge in [-0.2, -0.15) is 0 Å². The molecule has 1 atom stereocenters. The molecule has 0 radical (unpaired) electrons. The number of para-hydroxylation sites is 1. The van der Waals surface area contributed by atoms with E-state index < -0.39 is 0 Å². The SMILES string of the molecule is CCCCN(c1ccccc1)C(CN)C(CC)CC. The molecule has 0 saturated heterocycles. The van der Waals surface area contributed by atoms with Crippen molar-refractivity contribution in [3.63, 3.8) is 0 Å². The molecule has 0 aromatic heterocycles. The summed E-state index contributed by atoms with van der Waals surface area (Å²) < 4.78 is 0. The summed E-state index contributed by atoms with van der Waals surface area (Å²) in [6, 6.07) is 11.2. The van der Waals surface area contributed by atoms with E-state index in [1.54, 1.807) is 0 Å². The first kappa shape index (κ1) is 16.0. The van der Waals surface area contributed by atoms with E-state index >= 15 is 0 Å². The van der Waals surface area contributed by atoms with Gasteiger partial charge in [-0.05, 0) is 24.5 Å². The smallest absolute Gasteiger partial charge is 0.0440 e. The fraction of sp³-hybridized carbons (Fsp3) is 0.647. The van der Waals surface area contributed by atoms with Crippen LogP contribution in [0.15, 0.2) is 30.3 Å². The van der Waals surface area contributed by atoms with Crippen LogP contribution < -0.4 is 10.6 Å². The van der Waals surface area contributed by atoms with Gasteiger partial charge in [0.2, 0.25) is 0 Å². The lowest BCUT2D eigenvalue weighted by Gasteiger charge is -2.38. The number of nitrogens with two attached hydrogens (primary N) is 1. The zero-order valence-electron chi connectivity index (χ0n) is 12.8. The second kappa shape index (κ2) is 8.98. The Bertz CT molecular complexity index is 319. The number of anilines is 1. The van der Waals surface area contributed by atoms with Crippen LogP contribution in [0, 0.1) is 5.92 Å². The number of benzene rings is 1. The molecule has 2 nitrogen and oxygen atoms in total. The van der Waals surface area contributed by atoms with Crippen LogP contribution in [-0.2, 0) is 0 Å². The zero-order valence-corrected chi connectivity index (χ0v) is 12.8. The van der Waals surface area contributed by atoms with Gasteiger partial charge >= 0.3 is 0 Å². The van der Waals surface area contributed by atoms with E-state index in [-0.39, 0.29) is 0 Å². The lowest BCUT2D eigenvalue weighted by molar-refractivity contribution is 0.375.